The number of benzene rings is 3. The van der Waals surface area contributed by atoms with Crippen LogP contribution in [0.5, 0.6) is 5.75 Å². The predicted molar refractivity (Wildman–Crippen MR) is 143 cm³/mol. The van der Waals surface area contributed by atoms with Crippen molar-refractivity contribution in [1.82, 2.24) is 9.21 Å². The second-order valence-corrected chi connectivity index (χ2v) is 10.7. The van der Waals surface area contributed by atoms with Crippen molar-refractivity contribution in [2.24, 2.45) is 0 Å². The van der Waals surface area contributed by atoms with Gasteiger partial charge in [0.25, 0.3) is 0 Å². The minimum atomic E-state index is -3.63. The lowest BCUT2D eigenvalue weighted by Crippen LogP contribution is -2.38. The third kappa shape index (κ3) is 7.92. The quantitative estimate of drug-likeness (QED) is 0.277. The van der Waals surface area contributed by atoms with Crippen molar-refractivity contribution >= 4 is 10.0 Å². The van der Waals surface area contributed by atoms with E-state index in [1.54, 1.807) is 28.6 Å². The average Bonchev–Trinajstić information content (AvgIpc) is 2.90. The molecule has 35 heavy (non-hydrogen) atoms. The lowest BCUT2D eigenvalue weighted by molar-refractivity contribution is 0.265. The molecule has 1 atom stereocenters. The minimum absolute atomic E-state index is 0.121. The lowest BCUT2D eigenvalue weighted by atomic mass is 10.1. The van der Waals surface area contributed by atoms with Crippen LogP contribution in [0.15, 0.2) is 89.8 Å². The molecule has 0 aromatic heterocycles. The first-order valence-electron chi connectivity index (χ1n) is 12.5. The Morgan fingerprint density at radius 1 is 0.800 bits per heavy atom. The van der Waals surface area contributed by atoms with Crippen LogP contribution >= 0.6 is 0 Å². The molecule has 0 spiro atoms. The van der Waals surface area contributed by atoms with Gasteiger partial charge in [-0.3, -0.25) is 0 Å². The number of hydrogen-bond acceptors (Lipinski definition) is 4. The Labute approximate surface area is 211 Å². The van der Waals surface area contributed by atoms with Gasteiger partial charge in [0, 0.05) is 12.6 Å². The van der Waals surface area contributed by atoms with Gasteiger partial charge in [0.2, 0.25) is 10.0 Å². The van der Waals surface area contributed by atoms with Crippen LogP contribution < -0.4 is 4.74 Å². The van der Waals surface area contributed by atoms with Crippen molar-refractivity contribution in [2.75, 3.05) is 19.6 Å². The van der Waals surface area contributed by atoms with Gasteiger partial charge in [0.1, 0.15) is 12.4 Å². The fourth-order valence-electron chi connectivity index (χ4n) is 4.11. The summed E-state index contributed by atoms with van der Waals surface area (Å²) in [5, 5.41) is 0. The van der Waals surface area contributed by atoms with Gasteiger partial charge in [-0.2, -0.15) is 4.31 Å². The van der Waals surface area contributed by atoms with E-state index in [4.69, 9.17) is 4.74 Å². The highest BCUT2D eigenvalue weighted by Gasteiger charge is 2.29. The van der Waals surface area contributed by atoms with E-state index in [0.717, 1.165) is 49.4 Å². The van der Waals surface area contributed by atoms with Gasteiger partial charge < -0.3 is 9.64 Å². The van der Waals surface area contributed by atoms with Crippen molar-refractivity contribution in [1.29, 1.82) is 0 Å². The van der Waals surface area contributed by atoms with E-state index in [9.17, 15) is 8.42 Å². The number of ether oxygens (including phenoxy) is 1. The van der Waals surface area contributed by atoms with Gasteiger partial charge in [0.05, 0.1) is 4.90 Å². The molecule has 0 saturated heterocycles. The maximum absolute atomic E-state index is 13.6. The van der Waals surface area contributed by atoms with E-state index in [2.05, 4.69) is 18.7 Å². The second-order valence-electron chi connectivity index (χ2n) is 8.80. The molecule has 0 heterocycles. The standard InChI is InChI=1S/C29H38N2O3S/c1-4-30(5-2)22-12-13-25(3)31(35(32,33)29-16-10-7-11-17-29)23-26-18-20-28(21-19-26)34-24-27-14-8-6-9-15-27/h6-11,14-21,25H,4-5,12-13,22-24H2,1-3H3. The lowest BCUT2D eigenvalue weighted by Gasteiger charge is -2.29. The third-order valence-corrected chi connectivity index (χ3v) is 8.32. The molecule has 0 saturated carbocycles. The highest BCUT2D eigenvalue weighted by molar-refractivity contribution is 7.89. The van der Waals surface area contributed by atoms with Crippen LogP contribution in [0.4, 0.5) is 0 Å². The molecule has 3 aromatic carbocycles. The Bertz CT molecular complexity index is 1100. The highest BCUT2D eigenvalue weighted by Crippen LogP contribution is 2.24. The van der Waals surface area contributed by atoms with Crippen molar-refractivity contribution in [3.05, 3.63) is 96.1 Å². The third-order valence-electron chi connectivity index (χ3n) is 6.34. The number of nitrogens with zero attached hydrogens (tertiary/aromatic N) is 2. The SMILES string of the molecule is CCN(CC)CCCC(C)N(Cc1ccc(OCc2ccccc2)cc1)S(=O)(=O)c1ccccc1. The first-order chi connectivity index (χ1) is 16.9. The maximum Gasteiger partial charge on any atom is 0.243 e. The number of sulfonamides is 1. The van der Waals surface area contributed by atoms with Crippen LogP contribution in [0, 0.1) is 0 Å². The van der Waals surface area contributed by atoms with E-state index in [0.29, 0.717) is 18.0 Å². The Morgan fingerprint density at radius 2 is 1.40 bits per heavy atom. The van der Waals surface area contributed by atoms with Crippen LogP contribution in [0.25, 0.3) is 0 Å². The van der Waals surface area contributed by atoms with Gasteiger partial charge in [-0.1, -0.05) is 74.5 Å². The van der Waals surface area contributed by atoms with E-state index in [1.165, 1.54) is 0 Å². The van der Waals surface area contributed by atoms with Gasteiger partial charge in [-0.25, -0.2) is 8.42 Å². The molecule has 0 N–H and O–H groups in total. The largest absolute Gasteiger partial charge is 0.489 e. The van der Waals surface area contributed by atoms with Crippen LogP contribution in [-0.4, -0.2) is 43.3 Å². The van der Waals surface area contributed by atoms with Crippen LogP contribution in [0.2, 0.25) is 0 Å². The molecule has 0 radical (unpaired) electrons. The summed E-state index contributed by atoms with van der Waals surface area (Å²) in [6.07, 6.45) is 1.76. The Morgan fingerprint density at radius 3 is 2.00 bits per heavy atom. The normalized spacial score (nSPS) is 12.7. The summed E-state index contributed by atoms with van der Waals surface area (Å²) < 4.78 is 34.7. The monoisotopic (exact) mass is 494 g/mol. The summed E-state index contributed by atoms with van der Waals surface area (Å²) >= 11 is 0. The molecule has 0 aliphatic rings. The topological polar surface area (TPSA) is 49.9 Å². The molecule has 5 nitrogen and oxygen atoms in total. The fraction of sp³-hybridized carbons (Fsp3) is 0.379. The summed E-state index contributed by atoms with van der Waals surface area (Å²) in [5.41, 5.74) is 2.04. The number of hydrogen-bond donors (Lipinski definition) is 0. The van der Waals surface area contributed by atoms with Crippen molar-refractivity contribution in [3.8, 4) is 5.75 Å². The second kappa shape index (κ2) is 13.4. The first-order valence-corrected chi connectivity index (χ1v) is 13.9. The molecule has 0 bridgehead atoms. The zero-order valence-electron chi connectivity index (χ0n) is 21.1. The summed E-state index contributed by atoms with van der Waals surface area (Å²) in [6, 6.07) is 26.4. The summed E-state index contributed by atoms with van der Waals surface area (Å²) in [5.74, 6) is 0.766. The average molecular weight is 495 g/mol. The van der Waals surface area contributed by atoms with Crippen LogP contribution in [-0.2, 0) is 23.2 Å². The Hall–Kier alpha value is -2.67. The minimum Gasteiger partial charge on any atom is -0.489 e. The molecule has 6 heteroatoms. The van der Waals surface area contributed by atoms with E-state index in [1.807, 2.05) is 67.6 Å². The van der Waals surface area contributed by atoms with Crippen LogP contribution in [0.3, 0.4) is 0 Å². The zero-order valence-corrected chi connectivity index (χ0v) is 22.0. The molecular weight excluding hydrogens is 456 g/mol. The molecule has 0 fully saturated rings. The van der Waals surface area contributed by atoms with E-state index >= 15 is 0 Å². The zero-order chi connectivity index (χ0) is 25.1. The van der Waals surface area contributed by atoms with Gasteiger partial charge in [-0.15, -0.1) is 0 Å². The first kappa shape index (κ1) is 26.9. The molecule has 188 valence electrons. The molecule has 0 aliphatic carbocycles. The van der Waals surface area contributed by atoms with E-state index < -0.39 is 10.0 Å². The Balaban J connectivity index is 1.72. The van der Waals surface area contributed by atoms with Gasteiger partial charge in [0.15, 0.2) is 0 Å². The van der Waals surface area contributed by atoms with Crippen molar-refractivity contribution in [3.63, 3.8) is 0 Å². The predicted octanol–water partition coefficient (Wildman–Crippen LogP) is 5.97. The molecule has 3 aromatic rings. The summed E-state index contributed by atoms with van der Waals surface area (Å²) in [7, 11) is -3.63. The number of rotatable bonds is 14. The van der Waals surface area contributed by atoms with Crippen molar-refractivity contribution in [2.45, 2.75) is 57.7 Å². The smallest absolute Gasteiger partial charge is 0.243 e. The summed E-state index contributed by atoms with van der Waals surface area (Å²) in [4.78, 5) is 2.70. The summed E-state index contributed by atoms with van der Waals surface area (Å²) in [6.45, 7) is 10.1. The van der Waals surface area contributed by atoms with Crippen molar-refractivity contribution < 1.29 is 13.2 Å². The van der Waals surface area contributed by atoms with Gasteiger partial charge in [-0.05, 0) is 74.8 Å². The molecule has 1 unspecified atom stereocenters. The molecule has 3 rings (SSSR count). The Kier molecular flexibility index (Phi) is 10.3. The van der Waals surface area contributed by atoms with E-state index in [-0.39, 0.29) is 6.04 Å². The molecule has 0 amide bonds. The maximum atomic E-state index is 13.6. The molecular formula is C29H38N2O3S. The highest BCUT2D eigenvalue weighted by atomic mass is 32.2. The van der Waals surface area contributed by atoms with Gasteiger partial charge >= 0.3 is 0 Å². The fourth-order valence-corrected chi connectivity index (χ4v) is 5.78. The molecule has 0 aliphatic heterocycles. The van der Waals surface area contributed by atoms with Crippen LogP contribution in [0.1, 0.15) is 44.7 Å².